The average Bonchev–Trinajstić information content (AvgIpc) is 2.65. The van der Waals surface area contributed by atoms with Crippen LogP contribution in [0.4, 0.5) is 0 Å². The summed E-state index contributed by atoms with van der Waals surface area (Å²) < 4.78 is 9.67. The molecule has 0 saturated carbocycles. The first-order chi connectivity index (χ1) is 12.0. The zero-order chi connectivity index (χ0) is 18.2. The highest BCUT2D eigenvalue weighted by Gasteiger charge is 2.28. The van der Waals surface area contributed by atoms with E-state index in [0.717, 1.165) is 5.56 Å². The molecule has 6 nitrogen and oxygen atoms in total. The maximum absolute atomic E-state index is 12.1. The second-order valence-corrected chi connectivity index (χ2v) is 6.11. The molecule has 1 heterocycles. The number of nitrogens with zero attached hydrogens (tertiary/aromatic N) is 1. The van der Waals surface area contributed by atoms with E-state index in [1.807, 2.05) is 0 Å². The average molecular weight is 366 g/mol. The summed E-state index contributed by atoms with van der Waals surface area (Å²) in [5.74, 6) is -1.27. The lowest BCUT2D eigenvalue weighted by atomic mass is 9.97. The van der Waals surface area contributed by atoms with Crippen molar-refractivity contribution in [2.75, 3.05) is 26.8 Å². The number of benzene rings is 1. The molecule has 1 aromatic rings. The van der Waals surface area contributed by atoms with Gasteiger partial charge in [-0.3, -0.25) is 9.59 Å². The number of esters is 2. The molecular formula is C18H20ClNO5. The third kappa shape index (κ3) is 5.90. The minimum absolute atomic E-state index is 0.168. The molecule has 0 aromatic heterocycles. The number of piperidine rings is 1. The maximum Gasteiger partial charge on any atom is 0.331 e. The largest absolute Gasteiger partial charge is 0.469 e. The molecule has 0 N–H and O–H groups in total. The van der Waals surface area contributed by atoms with Crippen molar-refractivity contribution in [2.45, 2.75) is 12.8 Å². The molecule has 1 aliphatic heterocycles. The summed E-state index contributed by atoms with van der Waals surface area (Å²) in [7, 11) is 1.36. The Kier molecular flexibility index (Phi) is 7.01. The van der Waals surface area contributed by atoms with E-state index in [0.29, 0.717) is 31.0 Å². The van der Waals surface area contributed by atoms with Crippen molar-refractivity contribution in [2.24, 2.45) is 5.92 Å². The molecule has 0 bridgehead atoms. The lowest BCUT2D eigenvalue weighted by Crippen LogP contribution is -2.42. The van der Waals surface area contributed by atoms with E-state index in [-0.39, 0.29) is 24.4 Å². The summed E-state index contributed by atoms with van der Waals surface area (Å²) in [5, 5.41) is 0.612. The Morgan fingerprint density at radius 2 is 1.84 bits per heavy atom. The van der Waals surface area contributed by atoms with Gasteiger partial charge in [-0.25, -0.2) is 4.79 Å². The van der Waals surface area contributed by atoms with Crippen LogP contribution < -0.4 is 0 Å². The molecule has 134 valence electrons. The predicted octanol–water partition coefficient (Wildman–Crippen LogP) is 2.31. The zero-order valence-electron chi connectivity index (χ0n) is 13.9. The quantitative estimate of drug-likeness (QED) is 0.591. The van der Waals surface area contributed by atoms with Crippen molar-refractivity contribution >= 4 is 35.5 Å². The molecule has 0 radical (unpaired) electrons. The van der Waals surface area contributed by atoms with Gasteiger partial charge in [0, 0.05) is 24.2 Å². The van der Waals surface area contributed by atoms with Crippen LogP contribution in [0.1, 0.15) is 18.4 Å². The second-order valence-electron chi connectivity index (χ2n) is 5.67. The zero-order valence-corrected chi connectivity index (χ0v) is 14.7. The van der Waals surface area contributed by atoms with E-state index in [1.54, 1.807) is 35.2 Å². The van der Waals surface area contributed by atoms with Crippen LogP contribution in [0.3, 0.4) is 0 Å². The van der Waals surface area contributed by atoms with Gasteiger partial charge in [-0.15, -0.1) is 0 Å². The number of rotatable bonds is 5. The van der Waals surface area contributed by atoms with Crippen LogP contribution in [0.15, 0.2) is 30.3 Å². The van der Waals surface area contributed by atoms with E-state index in [9.17, 15) is 14.4 Å². The number of amides is 1. The van der Waals surface area contributed by atoms with Gasteiger partial charge in [0.1, 0.15) is 0 Å². The molecule has 1 aliphatic rings. The fourth-order valence-corrected chi connectivity index (χ4v) is 2.67. The Morgan fingerprint density at radius 3 is 2.44 bits per heavy atom. The van der Waals surface area contributed by atoms with Gasteiger partial charge in [0.05, 0.1) is 13.0 Å². The monoisotopic (exact) mass is 365 g/mol. The summed E-state index contributed by atoms with van der Waals surface area (Å²) in [6.07, 6.45) is 3.97. The van der Waals surface area contributed by atoms with Gasteiger partial charge in [0.15, 0.2) is 6.61 Å². The van der Waals surface area contributed by atoms with Gasteiger partial charge < -0.3 is 14.4 Å². The molecule has 0 spiro atoms. The normalized spacial score (nSPS) is 15.2. The molecule has 0 unspecified atom stereocenters. The Balaban J connectivity index is 1.73. The van der Waals surface area contributed by atoms with Crippen LogP contribution in [0.5, 0.6) is 0 Å². The summed E-state index contributed by atoms with van der Waals surface area (Å²) in [5.41, 5.74) is 0.803. The molecule has 1 fully saturated rings. The van der Waals surface area contributed by atoms with Gasteiger partial charge in [-0.1, -0.05) is 23.7 Å². The van der Waals surface area contributed by atoms with Crippen molar-refractivity contribution < 1.29 is 23.9 Å². The number of carbonyl (C=O) groups is 3. The van der Waals surface area contributed by atoms with Gasteiger partial charge >= 0.3 is 11.9 Å². The Morgan fingerprint density at radius 1 is 1.20 bits per heavy atom. The highest BCUT2D eigenvalue weighted by molar-refractivity contribution is 6.30. The van der Waals surface area contributed by atoms with Crippen LogP contribution >= 0.6 is 11.6 Å². The highest BCUT2D eigenvalue weighted by atomic mass is 35.5. The first kappa shape index (κ1) is 19.0. The van der Waals surface area contributed by atoms with Crippen molar-refractivity contribution in [3.05, 3.63) is 40.9 Å². The van der Waals surface area contributed by atoms with Gasteiger partial charge in [-0.2, -0.15) is 0 Å². The van der Waals surface area contributed by atoms with E-state index in [4.69, 9.17) is 21.1 Å². The first-order valence-corrected chi connectivity index (χ1v) is 8.33. The summed E-state index contributed by atoms with van der Waals surface area (Å²) >= 11 is 5.78. The number of hydrogen-bond acceptors (Lipinski definition) is 5. The highest BCUT2D eigenvalue weighted by Crippen LogP contribution is 2.18. The first-order valence-electron chi connectivity index (χ1n) is 7.95. The maximum atomic E-state index is 12.1. The molecule has 1 amide bonds. The number of halogens is 1. The summed E-state index contributed by atoms with van der Waals surface area (Å²) in [6, 6.07) is 6.97. The molecular weight excluding hydrogens is 346 g/mol. The lowest BCUT2D eigenvalue weighted by molar-refractivity contribution is -0.151. The topological polar surface area (TPSA) is 72.9 Å². The van der Waals surface area contributed by atoms with Crippen LogP contribution in [-0.2, 0) is 23.9 Å². The van der Waals surface area contributed by atoms with E-state index < -0.39 is 5.97 Å². The third-order valence-electron chi connectivity index (χ3n) is 4.00. The van der Waals surface area contributed by atoms with Crippen molar-refractivity contribution in [3.63, 3.8) is 0 Å². The third-order valence-corrected chi connectivity index (χ3v) is 4.25. The Labute approximate surface area is 151 Å². The number of methoxy groups -OCH3 is 1. The Hall–Kier alpha value is -2.34. The number of hydrogen-bond donors (Lipinski definition) is 0. The number of likely N-dealkylation sites (tertiary alicyclic amines) is 1. The van der Waals surface area contributed by atoms with Gasteiger partial charge in [-0.05, 0) is 36.6 Å². The van der Waals surface area contributed by atoms with Gasteiger partial charge in [0.2, 0.25) is 0 Å². The summed E-state index contributed by atoms with van der Waals surface area (Å²) in [6.45, 7) is 0.597. The fourth-order valence-electron chi connectivity index (χ4n) is 2.54. The van der Waals surface area contributed by atoms with Crippen molar-refractivity contribution in [1.82, 2.24) is 4.90 Å². The van der Waals surface area contributed by atoms with E-state index in [2.05, 4.69) is 0 Å². The molecule has 0 atom stereocenters. The minimum atomic E-state index is -0.590. The van der Waals surface area contributed by atoms with Crippen molar-refractivity contribution in [3.8, 4) is 0 Å². The molecule has 25 heavy (non-hydrogen) atoms. The van der Waals surface area contributed by atoms with Crippen LogP contribution in [0.25, 0.3) is 6.08 Å². The fraction of sp³-hybridized carbons (Fsp3) is 0.389. The van der Waals surface area contributed by atoms with E-state index in [1.165, 1.54) is 13.2 Å². The Bertz CT molecular complexity index is 648. The number of carbonyl (C=O) groups excluding carboxylic acids is 3. The number of ether oxygens (including phenoxy) is 2. The minimum Gasteiger partial charge on any atom is -0.469 e. The lowest BCUT2D eigenvalue weighted by Gasteiger charge is -2.30. The smallest absolute Gasteiger partial charge is 0.331 e. The molecule has 1 aromatic carbocycles. The van der Waals surface area contributed by atoms with Crippen molar-refractivity contribution in [1.29, 1.82) is 0 Å². The summed E-state index contributed by atoms with van der Waals surface area (Å²) in [4.78, 5) is 36.8. The molecule has 1 saturated heterocycles. The molecule has 2 rings (SSSR count). The second kappa shape index (κ2) is 9.22. The van der Waals surface area contributed by atoms with Gasteiger partial charge in [0.25, 0.3) is 5.91 Å². The van der Waals surface area contributed by atoms with Crippen LogP contribution in [-0.4, -0.2) is 49.6 Å². The van der Waals surface area contributed by atoms with Crippen LogP contribution in [0.2, 0.25) is 5.02 Å². The predicted molar refractivity (Wildman–Crippen MR) is 92.8 cm³/mol. The standard InChI is InChI=1S/C18H20ClNO5/c1-24-18(23)14-8-10-20(11-9-14)16(21)12-25-17(22)7-4-13-2-5-15(19)6-3-13/h2-7,14H,8-12H2,1H3/b7-4+. The SMILES string of the molecule is COC(=O)C1CCN(C(=O)COC(=O)/C=C/c2ccc(Cl)cc2)CC1. The van der Waals surface area contributed by atoms with Crippen LogP contribution in [0, 0.1) is 5.92 Å². The van der Waals surface area contributed by atoms with E-state index >= 15 is 0 Å². The molecule has 0 aliphatic carbocycles. The molecule has 7 heteroatoms.